The summed E-state index contributed by atoms with van der Waals surface area (Å²) >= 11 is 4.75. The van der Waals surface area contributed by atoms with Crippen molar-refractivity contribution in [3.63, 3.8) is 0 Å². The van der Waals surface area contributed by atoms with Gasteiger partial charge in [0.1, 0.15) is 17.7 Å². The lowest BCUT2D eigenvalue weighted by Crippen LogP contribution is -2.51. The summed E-state index contributed by atoms with van der Waals surface area (Å²) in [6.07, 6.45) is 4.50. The topological polar surface area (TPSA) is 99.1 Å². The second-order valence-electron chi connectivity index (χ2n) is 7.40. The highest BCUT2D eigenvalue weighted by Gasteiger charge is 2.29. The summed E-state index contributed by atoms with van der Waals surface area (Å²) in [5, 5.41) is 15.5. The average molecular weight is 464 g/mol. The lowest BCUT2D eigenvalue weighted by Gasteiger charge is -2.38. The highest BCUT2D eigenvalue weighted by atomic mass is 35.5. The number of β-amino-alcohol motifs (C(OH)–C–C–N with tert-alkyl or cyclic N) is 1. The zero-order valence-corrected chi connectivity index (χ0v) is 17.7. The highest BCUT2D eigenvalue weighted by Crippen LogP contribution is 2.30. The van der Waals surface area contributed by atoms with Gasteiger partial charge < -0.3 is 25.4 Å². The number of amides is 1. The Balaban J connectivity index is 1.55. The van der Waals surface area contributed by atoms with Crippen LogP contribution in [0.4, 0.5) is 20.3 Å². The summed E-state index contributed by atoms with van der Waals surface area (Å²) in [5.74, 6) is 0.0719. The van der Waals surface area contributed by atoms with E-state index in [0.717, 1.165) is 5.57 Å². The van der Waals surface area contributed by atoms with Crippen LogP contribution < -0.4 is 20.3 Å². The van der Waals surface area contributed by atoms with Gasteiger partial charge >= 0.3 is 5.57 Å². The molecule has 3 heterocycles. The van der Waals surface area contributed by atoms with Gasteiger partial charge in [-0.25, -0.2) is 4.98 Å². The van der Waals surface area contributed by atoms with Crippen molar-refractivity contribution in [1.82, 2.24) is 10.3 Å². The maximum atomic E-state index is 12.8. The molecule has 1 saturated heterocycles. The monoisotopic (exact) mass is 463 g/mol. The van der Waals surface area contributed by atoms with Crippen molar-refractivity contribution in [2.45, 2.75) is 24.8 Å². The van der Waals surface area contributed by atoms with Crippen LogP contribution in [0, 0.1) is 0 Å². The molecule has 2 aliphatic heterocycles. The van der Waals surface area contributed by atoms with Gasteiger partial charge in [0.25, 0.3) is 5.91 Å². The molecule has 0 radical (unpaired) electrons. The van der Waals surface area contributed by atoms with E-state index in [9.17, 15) is 18.7 Å². The van der Waals surface area contributed by atoms with Crippen LogP contribution in [0.25, 0.3) is 5.57 Å². The minimum Gasteiger partial charge on any atom is -0.420 e. The first-order valence-electron chi connectivity index (χ1n) is 9.78. The van der Waals surface area contributed by atoms with Gasteiger partial charge in [-0.2, -0.15) is 0 Å². The number of anilines is 2. The first kappa shape index (κ1) is 22.0. The summed E-state index contributed by atoms with van der Waals surface area (Å²) in [6, 6.07) is 7.07. The Bertz CT molecular complexity index is 1070. The molecule has 1 unspecified atom stereocenters. The van der Waals surface area contributed by atoms with Crippen molar-refractivity contribution in [2.75, 3.05) is 23.3 Å². The molecule has 1 aromatic carbocycles. The van der Waals surface area contributed by atoms with E-state index in [1.54, 1.807) is 18.5 Å². The van der Waals surface area contributed by atoms with Gasteiger partial charge in [-0.1, -0.05) is 0 Å². The Hall–Kier alpha value is -3.24. The van der Waals surface area contributed by atoms with Gasteiger partial charge in [-0.15, -0.1) is 8.78 Å². The lowest BCUT2D eigenvalue weighted by atomic mass is 10.0. The Labute approximate surface area is 187 Å². The number of hydrogen-bond donors (Lipinski definition) is 3. The number of pyridine rings is 1. The number of rotatable bonds is 6. The van der Waals surface area contributed by atoms with Crippen molar-refractivity contribution in [3.8, 4) is 5.75 Å². The standard InChI is InChI=1S/C21H20ClF2N5O3/c1-12-25-8-14(9-26-12)18-6-13(7-27-19(18)29-10-16(30)11-29)20(31)28-15-2-4-17(5-3-15)32-21(22,23)24/h2-9,12,16,25,30H,10-11H2,1H3,(H,28,31). The molecule has 3 N–H and O–H groups in total. The summed E-state index contributed by atoms with van der Waals surface area (Å²) in [7, 11) is 0. The summed E-state index contributed by atoms with van der Waals surface area (Å²) < 4.78 is 29.7. The summed E-state index contributed by atoms with van der Waals surface area (Å²) in [5.41, 5.74) is -1.69. The van der Waals surface area contributed by atoms with Crippen molar-refractivity contribution < 1.29 is 23.4 Å². The van der Waals surface area contributed by atoms with Crippen molar-refractivity contribution in [3.05, 3.63) is 53.9 Å². The first-order chi connectivity index (χ1) is 15.2. The van der Waals surface area contributed by atoms with Crippen molar-refractivity contribution >= 4 is 40.8 Å². The van der Waals surface area contributed by atoms with E-state index in [-0.39, 0.29) is 11.9 Å². The molecule has 1 amide bonds. The Morgan fingerprint density at radius 3 is 2.66 bits per heavy atom. The van der Waals surface area contributed by atoms with Gasteiger partial charge in [0.2, 0.25) is 0 Å². The quantitative estimate of drug-likeness (QED) is 0.569. The van der Waals surface area contributed by atoms with Gasteiger partial charge in [0.05, 0.1) is 11.7 Å². The van der Waals surface area contributed by atoms with E-state index in [0.29, 0.717) is 35.7 Å². The van der Waals surface area contributed by atoms with E-state index in [1.807, 2.05) is 11.8 Å². The molecule has 2 aromatic rings. The molecular formula is C21H20ClF2N5O3. The number of alkyl halides is 3. The summed E-state index contributed by atoms with van der Waals surface area (Å²) in [6.45, 7) is 2.81. The fraction of sp³-hybridized carbons (Fsp3) is 0.286. The number of aliphatic hydroxyl groups is 1. The van der Waals surface area contributed by atoms with Crippen molar-refractivity contribution in [1.29, 1.82) is 0 Å². The van der Waals surface area contributed by atoms with E-state index < -0.39 is 17.6 Å². The van der Waals surface area contributed by atoms with Crippen LogP contribution in [0.5, 0.6) is 5.75 Å². The van der Waals surface area contributed by atoms with E-state index in [2.05, 4.69) is 25.3 Å². The Morgan fingerprint density at radius 1 is 1.34 bits per heavy atom. The van der Waals surface area contributed by atoms with E-state index >= 15 is 0 Å². The highest BCUT2D eigenvalue weighted by molar-refractivity contribution is 6.20. The average Bonchev–Trinajstić information content (AvgIpc) is 2.72. The number of nitrogens with one attached hydrogen (secondary N) is 2. The molecule has 1 aromatic heterocycles. The predicted molar refractivity (Wildman–Crippen MR) is 117 cm³/mol. The number of aromatic nitrogens is 1. The minimum atomic E-state index is -3.81. The molecule has 11 heteroatoms. The van der Waals surface area contributed by atoms with Gasteiger partial charge in [-0.05, 0) is 37.3 Å². The number of halogens is 3. The number of nitrogens with zero attached hydrogens (tertiary/aromatic N) is 3. The number of carbonyl (C=O) groups is 1. The molecule has 0 aliphatic carbocycles. The molecule has 4 rings (SSSR count). The molecule has 0 bridgehead atoms. The number of benzene rings is 1. The van der Waals surface area contributed by atoms with Gasteiger partial charge in [-0.3, -0.25) is 9.79 Å². The third-order valence-electron chi connectivity index (χ3n) is 4.86. The summed E-state index contributed by atoms with van der Waals surface area (Å²) in [4.78, 5) is 23.5. The fourth-order valence-electron chi connectivity index (χ4n) is 3.25. The largest absolute Gasteiger partial charge is 0.487 e. The third-order valence-corrected chi connectivity index (χ3v) is 4.94. The smallest absolute Gasteiger partial charge is 0.420 e. The number of aliphatic imine (C=N–C) groups is 1. The van der Waals surface area contributed by atoms with Crippen LogP contribution in [0.2, 0.25) is 0 Å². The van der Waals surface area contributed by atoms with Crippen molar-refractivity contribution in [2.24, 2.45) is 4.99 Å². The van der Waals surface area contributed by atoms with Crippen LogP contribution in [0.3, 0.4) is 0 Å². The van der Waals surface area contributed by atoms with E-state index in [1.165, 1.54) is 30.5 Å². The molecule has 1 atom stereocenters. The third kappa shape index (κ3) is 5.14. The zero-order chi connectivity index (χ0) is 22.9. The molecular weight excluding hydrogens is 444 g/mol. The minimum absolute atomic E-state index is 0.0572. The molecule has 0 spiro atoms. The van der Waals surface area contributed by atoms with Gasteiger partial charge in [0.15, 0.2) is 0 Å². The second kappa shape index (κ2) is 8.71. The number of ether oxygens (including phenoxy) is 1. The SMILES string of the molecule is CC1N=CC(c2cc(C(=O)Nc3ccc(OC(F)(F)Cl)cc3)cnc2N2CC(O)C2)=CN1. The fourth-order valence-corrected chi connectivity index (χ4v) is 3.34. The molecule has 168 valence electrons. The Kier molecular flexibility index (Phi) is 5.98. The maximum absolute atomic E-state index is 12.8. The number of allylic oxidation sites excluding steroid dienone is 1. The van der Waals surface area contributed by atoms with Crippen LogP contribution in [-0.2, 0) is 0 Å². The first-order valence-corrected chi connectivity index (χ1v) is 10.2. The molecule has 8 nitrogen and oxygen atoms in total. The molecule has 0 saturated carbocycles. The van der Waals surface area contributed by atoms with Crippen LogP contribution in [0.1, 0.15) is 22.8 Å². The van der Waals surface area contributed by atoms with Crippen LogP contribution >= 0.6 is 11.6 Å². The normalized spacial score (nSPS) is 18.5. The zero-order valence-electron chi connectivity index (χ0n) is 16.9. The Morgan fingerprint density at radius 2 is 2.06 bits per heavy atom. The molecule has 1 fully saturated rings. The second-order valence-corrected chi connectivity index (χ2v) is 7.84. The number of hydrogen-bond acceptors (Lipinski definition) is 7. The van der Waals surface area contributed by atoms with Gasteiger partial charge in [0, 0.05) is 60.1 Å². The number of carbonyl (C=O) groups excluding carboxylic acids is 1. The predicted octanol–water partition coefficient (Wildman–Crippen LogP) is 3.04. The lowest BCUT2D eigenvalue weighted by molar-refractivity contribution is -0.0964. The van der Waals surface area contributed by atoms with Crippen LogP contribution in [0.15, 0.2) is 47.7 Å². The van der Waals surface area contributed by atoms with E-state index in [4.69, 9.17) is 11.6 Å². The molecule has 2 aliphatic rings. The molecule has 32 heavy (non-hydrogen) atoms. The van der Waals surface area contributed by atoms with Crippen LogP contribution in [-0.4, -0.2) is 53.1 Å². The maximum Gasteiger partial charge on any atom is 0.487 e. The number of aliphatic hydroxyl groups excluding tert-OH is 1.